The fraction of sp³-hybridized carbons (Fsp3) is 0.400. The van der Waals surface area contributed by atoms with Crippen LogP contribution in [-0.2, 0) is 4.74 Å². The first-order chi connectivity index (χ1) is 10.2. The SMILES string of the molecule is COCCCNc1cnnc(Nc2ccc(C)cc2C)n1. The fourth-order valence-corrected chi connectivity index (χ4v) is 1.95. The molecule has 0 radical (unpaired) electrons. The van der Waals surface area contributed by atoms with Crippen LogP contribution in [0.1, 0.15) is 17.5 Å². The first-order valence-corrected chi connectivity index (χ1v) is 6.96. The lowest BCUT2D eigenvalue weighted by molar-refractivity contribution is 0.197. The van der Waals surface area contributed by atoms with E-state index in [1.54, 1.807) is 13.3 Å². The standard InChI is InChI=1S/C15H21N5O/c1-11-5-6-13(12(2)9-11)18-15-19-14(10-17-20-15)16-7-4-8-21-3/h5-6,9-10H,4,7-8H2,1-3H3,(H2,16,18,19,20). The summed E-state index contributed by atoms with van der Waals surface area (Å²) in [6, 6.07) is 6.19. The predicted octanol–water partition coefficient (Wildman–Crippen LogP) is 2.68. The second-order valence-electron chi connectivity index (χ2n) is 4.88. The lowest BCUT2D eigenvalue weighted by Crippen LogP contribution is -2.08. The zero-order valence-electron chi connectivity index (χ0n) is 12.7. The van der Waals surface area contributed by atoms with Crippen LogP contribution in [0.25, 0.3) is 0 Å². The zero-order chi connectivity index (χ0) is 15.1. The molecule has 0 spiro atoms. The molecule has 6 nitrogen and oxygen atoms in total. The highest BCUT2D eigenvalue weighted by Crippen LogP contribution is 2.19. The van der Waals surface area contributed by atoms with E-state index in [0.717, 1.165) is 30.8 Å². The Labute approximate surface area is 125 Å². The predicted molar refractivity (Wildman–Crippen MR) is 84.0 cm³/mol. The molecule has 2 rings (SSSR count). The molecular weight excluding hydrogens is 266 g/mol. The third kappa shape index (κ3) is 4.68. The number of methoxy groups -OCH3 is 1. The van der Waals surface area contributed by atoms with Crippen molar-refractivity contribution < 1.29 is 4.74 Å². The number of ether oxygens (including phenoxy) is 1. The van der Waals surface area contributed by atoms with Crippen LogP contribution >= 0.6 is 0 Å². The molecule has 0 aliphatic rings. The summed E-state index contributed by atoms with van der Waals surface area (Å²) in [5.74, 6) is 1.19. The topological polar surface area (TPSA) is 72.0 Å². The lowest BCUT2D eigenvalue weighted by atomic mass is 10.1. The molecule has 0 aliphatic heterocycles. The van der Waals surface area contributed by atoms with Crippen LogP contribution in [0.5, 0.6) is 0 Å². The van der Waals surface area contributed by atoms with Crippen LogP contribution in [-0.4, -0.2) is 35.4 Å². The summed E-state index contributed by atoms with van der Waals surface area (Å²) in [5.41, 5.74) is 3.36. The molecule has 0 atom stereocenters. The number of nitrogens with zero attached hydrogens (tertiary/aromatic N) is 3. The van der Waals surface area contributed by atoms with E-state index in [1.807, 2.05) is 6.07 Å². The van der Waals surface area contributed by atoms with Crippen molar-refractivity contribution in [2.75, 3.05) is 30.9 Å². The van der Waals surface area contributed by atoms with E-state index in [2.05, 4.69) is 51.8 Å². The summed E-state index contributed by atoms with van der Waals surface area (Å²) in [7, 11) is 1.69. The summed E-state index contributed by atoms with van der Waals surface area (Å²) < 4.78 is 5.00. The van der Waals surface area contributed by atoms with Gasteiger partial charge in [0.05, 0.1) is 6.20 Å². The maximum Gasteiger partial charge on any atom is 0.249 e. The zero-order valence-corrected chi connectivity index (χ0v) is 12.7. The molecule has 2 N–H and O–H groups in total. The van der Waals surface area contributed by atoms with Gasteiger partial charge in [-0.3, -0.25) is 0 Å². The van der Waals surface area contributed by atoms with Gasteiger partial charge in [-0.1, -0.05) is 17.7 Å². The van der Waals surface area contributed by atoms with Crippen LogP contribution in [0.4, 0.5) is 17.5 Å². The van der Waals surface area contributed by atoms with Crippen molar-refractivity contribution in [2.24, 2.45) is 0 Å². The number of hydrogen-bond acceptors (Lipinski definition) is 6. The molecular formula is C15H21N5O. The van der Waals surface area contributed by atoms with E-state index in [0.29, 0.717) is 11.8 Å². The first kappa shape index (κ1) is 15.2. The Bertz CT molecular complexity index is 588. The molecule has 112 valence electrons. The van der Waals surface area contributed by atoms with Gasteiger partial charge in [-0.05, 0) is 31.9 Å². The fourth-order valence-electron chi connectivity index (χ4n) is 1.95. The van der Waals surface area contributed by atoms with Crippen LogP contribution in [0.3, 0.4) is 0 Å². The van der Waals surface area contributed by atoms with Crippen LogP contribution < -0.4 is 10.6 Å². The molecule has 0 bridgehead atoms. The average molecular weight is 287 g/mol. The lowest BCUT2D eigenvalue weighted by Gasteiger charge is -2.10. The van der Waals surface area contributed by atoms with Gasteiger partial charge in [0.2, 0.25) is 5.95 Å². The Balaban J connectivity index is 2.00. The molecule has 0 amide bonds. The maximum absolute atomic E-state index is 5.00. The van der Waals surface area contributed by atoms with Crippen LogP contribution in [0.15, 0.2) is 24.4 Å². The van der Waals surface area contributed by atoms with Gasteiger partial charge in [0, 0.05) is 25.9 Å². The number of nitrogens with one attached hydrogen (secondary N) is 2. The summed E-state index contributed by atoms with van der Waals surface area (Å²) in [6.45, 7) is 5.63. The Morgan fingerprint density at radius 1 is 1.24 bits per heavy atom. The Hall–Kier alpha value is -2.21. The molecule has 0 saturated heterocycles. The van der Waals surface area contributed by atoms with E-state index in [4.69, 9.17) is 4.74 Å². The first-order valence-electron chi connectivity index (χ1n) is 6.96. The number of anilines is 3. The minimum Gasteiger partial charge on any atom is -0.385 e. The van der Waals surface area contributed by atoms with Crippen LogP contribution in [0.2, 0.25) is 0 Å². The average Bonchev–Trinajstić information content (AvgIpc) is 2.47. The van der Waals surface area contributed by atoms with Gasteiger partial charge in [-0.25, -0.2) is 0 Å². The Morgan fingerprint density at radius 2 is 2.10 bits per heavy atom. The minimum absolute atomic E-state index is 0.485. The highest BCUT2D eigenvalue weighted by Gasteiger charge is 2.03. The van der Waals surface area contributed by atoms with Gasteiger partial charge >= 0.3 is 0 Å². The van der Waals surface area contributed by atoms with E-state index in [-0.39, 0.29) is 0 Å². The van der Waals surface area contributed by atoms with Gasteiger partial charge in [-0.2, -0.15) is 10.1 Å². The van der Waals surface area contributed by atoms with E-state index in [9.17, 15) is 0 Å². The Kier molecular flexibility index (Phi) is 5.45. The molecule has 0 saturated carbocycles. The second kappa shape index (κ2) is 7.54. The quantitative estimate of drug-likeness (QED) is 0.763. The molecule has 0 unspecified atom stereocenters. The molecule has 6 heteroatoms. The van der Waals surface area contributed by atoms with E-state index < -0.39 is 0 Å². The summed E-state index contributed by atoms with van der Waals surface area (Å²) in [6.07, 6.45) is 2.53. The molecule has 1 aromatic heterocycles. The second-order valence-corrected chi connectivity index (χ2v) is 4.88. The van der Waals surface area contributed by atoms with Crippen molar-refractivity contribution in [3.8, 4) is 0 Å². The van der Waals surface area contributed by atoms with Crippen molar-refractivity contribution in [1.29, 1.82) is 0 Å². The smallest absolute Gasteiger partial charge is 0.249 e. The maximum atomic E-state index is 5.00. The number of benzene rings is 1. The third-order valence-electron chi connectivity index (χ3n) is 3.02. The number of aromatic nitrogens is 3. The van der Waals surface area contributed by atoms with Gasteiger partial charge in [0.1, 0.15) is 0 Å². The number of aryl methyl sites for hydroxylation is 2. The number of hydrogen-bond donors (Lipinski definition) is 2. The van der Waals surface area contributed by atoms with Gasteiger partial charge in [-0.15, -0.1) is 5.10 Å². The summed E-state index contributed by atoms with van der Waals surface area (Å²) >= 11 is 0. The molecule has 21 heavy (non-hydrogen) atoms. The van der Waals surface area contributed by atoms with Crippen LogP contribution in [0, 0.1) is 13.8 Å². The van der Waals surface area contributed by atoms with Crippen molar-refractivity contribution in [3.63, 3.8) is 0 Å². The molecule has 1 heterocycles. The van der Waals surface area contributed by atoms with Crippen molar-refractivity contribution in [2.45, 2.75) is 20.3 Å². The largest absolute Gasteiger partial charge is 0.385 e. The van der Waals surface area contributed by atoms with Gasteiger partial charge in [0.25, 0.3) is 0 Å². The highest BCUT2D eigenvalue weighted by atomic mass is 16.5. The van der Waals surface area contributed by atoms with Crippen molar-refractivity contribution in [3.05, 3.63) is 35.5 Å². The van der Waals surface area contributed by atoms with Gasteiger partial charge < -0.3 is 15.4 Å². The van der Waals surface area contributed by atoms with Crippen molar-refractivity contribution >= 4 is 17.5 Å². The molecule has 1 aromatic carbocycles. The van der Waals surface area contributed by atoms with Crippen molar-refractivity contribution in [1.82, 2.24) is 15.2 Å². The monoisotopic (exact) mass is 287 g/mol. The minimum atomic E-state index is 0.485. The van der Waals surface area contributed by atoms with Gasteiger partial charge in [0.15, 0.2) is 5.82 Å². The van der Waals surface area contributed by atoms with E-state index >= 15 is 0 Å². The molecule has 2 aromatic rings. The number of rotatable bonds is 7. The normalized spacial score (nSPS) is 10.4. The Morgan fingerprint density at radius 3 is 2.86 bits per heavy atom. The summed E-state index contributed by atoms with van der Waals surface area (Å²) in [4.78, 5) is 4.39. The molecule has 0 aliphatic carbocycles. The van der Waals surface area contributed by atoms with E-state index in [1.165, 1.54) is 5.56 Å². The molecule has 0 fully saturated rings. The third-order valence-corrected chi connectivity index (χ3v) is 3.02. The summed E-state index contributed by atoms with van der Waals surface area (Å²) in [5, 5.41) is 14.4. The highest BCUT2D eigenvalue weighted by molar-refractivity contribution is 5.59.